The summed E-state index contributed by atoms with van der Waals surface area (Å²) in [7, 11) is 3.79. The van der Waals surface area contributed by atoms with Crippen LogP contribution in [0, 0.1) is 10.1 Å². The highest BCUT2D eigenvalue weighted by molar-refractivity contribution is 5.95. The molecule has 0 saturated carbocycles. The zero-order valence-electron chi connectivity index (χ0n) is 11.1. The largest absolute Gasteiger partial charge is 0.477 e. The minimum Gasteiger partial charge on any atom is -0.477 e. The standard InChI is InChI=1S/C12H17N3O4/c1-8(14(2)3)7-13-10-6-4-5-9(12(16)17)11(10)15(18)19/h4-6,8,13H,7H2,1-3H3,(H,16,17). The van der Waals surface area contributed by atoms with Crippen LogP contribution in [0.1, 0.15) is 17.3 Å². The van der Waals surface area contributed by atoms with Gasteiger partial charge >= 0.3 is 11.7 Å². The normalized spacial score (nSPS) is 12.2. The molecule has 0 bridgehead atoms. The molecule has 0 amide bonds. The molecule has 7 heteroatoms. The predicted octanol–water partition coefficient (Wildman–Crippen LogP) is 1.66. The molecule has 7 nitrogen and oxygen atoms in total. The van der Waals surface area contributed by atoms with E-state index in [2.05, 4.69) is 5.32 Å². The van der Waals surface area contributed by atoms with E-state index in [9.17, 15) is 14.9 Å². The molecule has 0 heterocycles. The second-order valence-corrected chi connectivity index (χ2v) is 4.46. The fourth-order valence-electron chi connectivity index (χ4n) is 1.50. The van der Waals surface area contributed by atoms with Crippen molar-refractivity contribution in [1.82, 2.24) is 4.90 Å². The van der Waals surface area contributed by atoms with E-state index in [1.54, 1.807) is 0 Å². The summed E-state index contributed by atoms with van der Waals surface area (Å²) >= 11 is 0. The van der Waals surface area contributed by atoms with Crippen LogP contribution in [0.2, 0.25) is 0 Å². The Morgan fingerprint density at radius 2 is 2.16 bits per heavy atom. The van der Waals surface area contributed by atoms with E-state index < -0.39 is 16.6 Å². The van der Waals surface area contributed by atoms with Crippen LogP contribution in [-0.4, -0.2) is 47.6 Å². The van der Waals surface area contributed by atoms with Gasteiger partial charge in [0.1, 0.15) is 11.3 Å². The van der Waals surface area contributed by atoms with Crippen LogP contribution in [0.4, 0.5) is 11.4 Å². The summed E-state index contributed by atoms with van der Waals surface area (Å²) < 4.78 is 0. The minimum absolute atomic E-state index is 0.160. The number of hydrogen-bond acceptors (Lipinski definition) is 5. The molecular weight excluding hydrogens is 250 g/mol. The highest BCUT2D eigenvalue weighted by Crippen LogP contribution is 2.28. The van der Waals surface area contributed by atoms with Gasteiger partial charge in [-0.1, -0.05) is 6.07 Å². The number of hydrogen-bond donors (Lipinski definition) is 2. The number of rotatable bonds is 6. The molecule has 0 aliphatic heterocycles. The second kappa shape index (κ2) is 6.14. The van der Waals surface area contributed by atoms with Crippen LogP contribution >= 0.6 is 0 Å². The maximum atomic E-state index is 11.0. The average Bonchev–Trinajstić information content (AvgIpc) is 2.34. The highest BCUT2D eigenvalue weighted by atomic mass is 16.6. The Morgan fingerprint density at radius 1 is 1.53 bits per heavy atom. The van der Waals surface area contributed by atoms with Crippen LogP contribution in [0.3, 0.4) is 0 Å². The molecule has 0 aliphatic rings. The maximum Gasteiger partial charge on any atom is 0.342 e. The highest BCUT2D eigenvalue weighted by Gasteiger charge is 2.24. The van der Waals surface area contributed by atoms with E-state index in [4.69, 9.17) is 5.11 Å². The Morgan fingerprint density at radius 3 is 2.63 bits per heavy atom. The number of benzene rings is 1. The summed E-state index contributed by atoms with van der Waals surface area (Å²) in [5.74, 6) is -1.31. The van der Waals surface area contributed by atoms with E-state index in [1.807, 2.05) is 25.9 Å². The summed E-state index contributed by atoms with van der Waals surface area (Å²) in [6.45, 7) is 2.44. The Labute approximate surface area is 111 Å². The van der Waals surface area contributed by atoms with E-state index in [0.29, 0.717) is 6.54 Å². The number of anilines is 1. The third kappa shape index (κ3) is 3.65. The van der Waals surface area contributed by atoms with Crippen molar-refractivity contribution >= 4 is 17.3 Å². The summed E-state index contributed by atoms with van der Waals surface area (Å²) in [6.07, 6.45) is 0. The number of nitro groups is 1. The Balaban J connectivity index is 3.04. The molecule has 104 valence electrons. The summed E-state index contributed by atoms with van der Waals surface area (Å²) in [6, 6.07) is 4.38. The van der Waals surface area contributed by atoms with Gasteiger partial charge in [0.25, 0.3) is 0 Å². The molecule has 0 aromatic heterocycles. The summed E-state index contributed by atoms with van der Waals surface area (Å²) in [4.78, 5) is 23.3. The van der Waals surface area contributed by atoms with Crippen molar-refractivity contribution in [2.24, 2.45) is 0 Å². The summed E-state index contributed by atoms with van der Waals surface area (Å²) in [5, 5.41) is 22.9. The van der Waals surface area contributed by atoms with Crippen LogP contribution in [0.25, 0.3) is 0 Å². The van der Waals surface area contributed by atoms with E-state index in [1.165, 1.54) is 18.2 Å². The molecule has 0 aliphatic carbocycles. The number of para-hydroxylation sites is 1. The maximum absolute atomic E-state index is 11.0. The van der Waals surface area contributed by atoms with Crippen molar-refractivity contribution in [1.29, 1.82) is 0 Å². The molecule has 1 rings (SSSR count). The first-order valence-corrected chi connectivity index (χ1v) is 5.75. The molecule has 1 aromatic carbocycles. The molecule has 1 atom stereocenters. The number of carboxylic acids is 1. The molecule has 1 aromatic rings. The number of nitro benzene ring substituents is 1. The van der Waals surface area contributed by atoms with Gasteiger partial charge in [0.15, 0.2) is 0 Å². The lowest BCUT2D eigenvalue weighted by atomic mass is 10.1. The van der Waals surface area contributed by atoms with Crippen LogP contribution in [0.15, 0.2) is 18.2 Å². The lowest BCUT2D eigenvalue weighted by Gasteiger charge is -2.20. The zero-order chi connectivity index (χ0) is 14.6. The second-order valence-electron chi connectivity index (χ2n) is 4.46. The van der Waals surface area contributed by atoms with Gasteiger partial charge < -0.3 is 15.3 Å². The zero-order valence-corrected chi connectivity index (χ0v) is 11.1. The Hall–Kier alpha value is -2.15. The number of carboxylic acid groups (broad SMARTS) is 1. The fraction of sp³-hybridized carbons (Fsp3) is 0.417. The van der Waals surface area contributed by atoms with Crippen molar-refractivity contribution < 1.29 is 14.8 Å². The number of likely N-dealkylation sites (N-methyl/N-ethyl adjacent to an activating group) is 1. The Kier molecular flexibility index (Phi) is 4.82. The lowest BCUT2D eigenvalue weighted by Crippen LogP contribution is -2.31. The molecule has 0 saturated heterocycles. The first-order valence-electron chi connectivity index (χ1n) is 5.75. The minimum atomic E-state index is -1.31. The van der Waals surface area contributed by atoms with Crippen LogP contribution < -0.4 is 5.32 Å². The van der Waals surface area contributed by atoms with Gasteiger partial charge in [-0.3, -0.25) is 10.1 Å². The molecule has 0 radical (unpaired) electrons. The number of nitrogens with zero attached hydrogens (tertiary/aromatic N) is 2. The van der Waals surface area contributed by atoms with Gasteiger partial charge in [-0.2, -0.15) is 0 Å². The molecule has 1 unspecified atom stereocenters. The molecular formula is C12H17N3O4. The number of aromatic carboxylic acids is 1. The van der Waals surface area contributed by atoms with Gasteiger partial charge in [0.05, 0.1) is 4.92 Å². The van der Waals surface area contributed by atoms with Crippen molar-refractivity contribution in [3.63, 3.8) is 0 Å². The van der Waals surface area contributed by atoms with Crippen LogP contribution in [-0.2, 0) is 0 Å². The first-order chi connectivity index (χ1) is 8.84. The molecule has 2 N–H and O–H groups in total. The number of carbonyl (C=O) groups is 1. The number of nitrogens with one attached hydrogen (secondary N) is 1. The topological polar surface area (TPSA) is 95.7 Å². The SMILES string of the molecule is CC(CNc1cccc(C(=O)O)c1[N+](=O)[O-])N(C)C. The van der Waals surface area contributed by atoms with E-state index >= 15 is 0 Å². The van der Waals surface area contributed by atoms with Crippen molar-refractivity contribution in [2.45, 2.75) is 13.0 Å². The van der Waals surface area contributed by atoms with Gasteiger partial charge in [-0.25, -0.2) is 4.79 Å². The van der Waals surface area contributed by atoms with Crippen molar-refractivity contribution in [2.75, 3.05) is 26.0 Å². The fourth-order valence-corrected chi connectivity index (χ4v) is 1.50. The molecule has 0 spiro atoms. The van der Waals surface area contributed by atoms with Gasteiger partial charge in [-0.15, -0.1) is 0 Å². The smallest absolute Gasteiger partial charge is 0.342 e. The Bertz CT molecular complexity index is 488. The van der Waals surface area contributed by atoms with Crippen molar-refractivity contribution in [3.8, 4) is 0 Å². The average molecular weight is 267 g/mol. The predicted molar refractivity (Wildman–Crippen MR) is 71.7 cm³/mol. The molecule has 0 fully saturated rings. The van der Waals surface area contributed by atoms with Gasteiger partial charge in [0, 0.05) is 12.6 Å². The lowest BCUT2D eigenvalue weighted by molar-refractivity contribution is -0.384. The van der Waals surface area contributed by atoms with E-state index in [0.717, 1.165) is 0 Å². The van der Waals surface area contributed by atoms with E-state index in [-0.39, 0.29) is 17.3 Å². The third-order valence-corrected chi connectivity index (χ3v) is 2.92. The van der Waals surface area contributed by atoms with Crippen LogP contribution in [0.5, 0.6) is 0 Å². The third-order valence-electron chi connectivity index (χ3n) is 2.92. The summed E-state index contributed by atoms with van der Waals surface area (Å²) in [5.41, 5.74) is -0.493. The van der Waals surface area contributed by atoms with Gasteiger partial charge in [0.2, 0.25) is 0 Å². The monoisotopic (exact) mass is 267 g/mol. The van der Waals surface area contributed by atoms with Gasteiger partial charge in [-0.05, 0) is 33.2 Å². The van der Waals surface area contributed by atoms with Crippen molar-refractivity contribution in [3.05, 3.63) is 33.9 Å². The quantitative estimate of drug-likeness (QED) is 0.601. The molecule has 19 heavy (non-hydrogen) atoms. The first kappa shape index (κ1) is 14.9.